The van der Waals surface area contributed by atoms with Gasteiger partial charge in [0.25, 0.3) is 15.9 Å². The molecule has 3 rings (SSSR count). The largest absolute Gasteiger partial charge is 0.497 e. The Balaban J connectivity index is 1.59. The first-order valence-electron chi connectivity index (χ1n) is 9.73. The lowest BCUT2D eigenvalue weighted by Gasteiger charge is -2.16. The van der Waals surface area contributed by atoms with Gasteiger partial charge in [-0.2, -0.15) is 0 Å². The molecule has 0 heterocycles. The molecular formula is C23H23ClN2O5S. The minimum atomic E-state index is -3.75. The molecule has 32 heavy (non-hydrogen) atoms. The summed E-state index contributed by atoms with van der Waals surface area (Å²) < 4.78 is 38.1. The van der Waals surface area contributed by atoms with Gasteiger partial charge in [0, 0.05) is 0 Å². The summed E-state index contributed by atoms with van der Waals surface area (Å²) in [6.07, 6.45) is 0. The van der Waals surface area contributed by atoms with Crippen molar-refractivity contribution in [1.29, 1.82) is 0 Å². The molecule has 1 amide bonds. The van der Waals surface area contributed by atoms with Gasteiger partial charge in [0.2, 0.25) is 0 Å². The zero-order chi connectivity index (χ0) is 23.1. The van der Waals surface area contributed by atoms with Gasteiger partial charge in [-0.05, 0) is 61.5 Å². The van der Waals surface area contributed by atoms with E-state index in [0.29, 0.717) is 5.75 Å². The third-order valence-electron chi connectivity index (χ3n) is 4.46. The Morgan fingerprint density at radius 1 is 1.00 bits per heavy atom. The van der Waals surface area contributed by atoms with Crippen molar-refractivity contribution < 1.29 is 22.7 Å². The normalized spacial score (nSPS) is 12.0. The van der Waals surface area contributed by atoms with Crippen LogP contribution in [0.2, 0.25) is 5.02 Å². The molecule has 7 nitrogen and oxygen atoms in total. The second-order valence-electron chi connectivity index (χ2n) is 6.97. The zero-order valence-electron chi connectivity index (χ0n) is 17.5. The van der Waals surface area contributed by atoms with E-state index >= 15 is 0 Å². The van der Waals surface area contributed by atoms with Crippen LogP contribution in [0.25, 0.3) is 0 Å². The maximum atomic E-state index is 12.6. The molecule has 3 aromatic carbocycles. The van der Waals surface area contributed by atoms with Gasteiger partial charge in [0.05, 0.1) is 34.3 Å². The van der Waals surface area contributed by atoms with Crippen LogP contribution in [-0.4, -0.2) is 34.1 Å². The van der Waals surface area contributed by atoms with Crippen LogP contribution in [-0.2, 0) is 10.0 Å². The first-order chi connectivity index (χ1) is 15.3. The number of anilines is 1. The molecule has 0 aliphatic carbocycles. The molecule has 0 aliphatic rings. The lowest BCUT2D eigenvalue weighted by molar-refractivity contribution is 0.0927. The predicted molar refractivity (Wildman–Crippen MR) is 124 cm³/mol. The molecule has 168 valence electrons. The van der Waals surface area contributed by atoms with E-state index in [1.165, 1.54) is 30.3 Å². The van der Waals surface area contributed by atoms with Crippen LogP contribution in [0.5, 0.6) is 11.5 Å². The fourth-order valence-electron chi connectivity index (χ4n) is 2.81. The molecule has 0 saturated carbocycles. The number of rotatable bonds is 9. The maximum Gasteiger partial charge on any atom is 0.261 e. The van der Waals surface area contributed by atoms with Crippen molar-refractivity contribution in [2.45, 2.75) is 17.9 Å². The smallest absolute Gasteiger partial charge is 0.261 e. The minimum Gasteiger partial charge on any atom is -0.497 e. The quantitative estimate of drug-likeness (QED) is 0.481. The first kappa shape index (κ1) is 23.4. The molecule has 9 heteroatoms. The Kier molecular flexibility index (Phi) is 7.61. The molecule has 0 bridgehead atoms. The number of halogens is 1. The molecule has 0 fully saturated rings. The van der Waals surface area contributed by atoms with Gasteiger partial charge in [0.1, 0.15) is 18.1 Å². The summed E-state index contributed by atoms with van der Waals surface area (Å²) in [7, 11) is -2.17. The van der Waals surface area contributed by atoms with E-state index < -0.39 is 15.9 Å². The van der Waals surface area contributed by atoms with Crippen molar-refractivity contribution in [2.75, 3.05) is 18.4 Å². The standard InChI is InChI=1S/C23H23ClN2O5S/c1-16(15-31-19-11-9-18(30-2)10-12-19)25-23(27)21-13-8-17(14-22(21)24)26-32(28,29)20-6-4-3-5-7-20/h3-14,16,26H,15H2,1-2H3,(H,25,27)/t16-/m0/s1. The third kappa shape index (κ3) is 6.15. The fourth-order valence-corrected chi connectivity index (χ4v) is 4.15. The highest BCUT2D eigenvalue weighted by molar-refractivity contribution is 7.92. The topological polar surface area (TPSA) is 93.7 Å². The zero-order valence-corrected chi connectivity index (χ0v) is 19.1. The Morgan fingerprint density at radius 2 is 1.66 bits per heavy atom. The number of carbonyl (C=O) groups is 1. The van der Waals surface area contributed by atoms with Crippen LogP contribution in [0, 0.1) is 0 Å². The summed E-state index contributed by atoms with van der Waals surface area (Å²) in [6.45, 7) is 2.06. The van der Waals surface area contributed by atoms with E-state index in [4.69, 9.17) is 21.1 Å². The van der Waals surface area contributed by atoms with Crippen molar-refractivity contribution in [3.63, 3.8) is 0 Å². The highest BCUT2D eigenvalue weighted by Gasteiger charge is 2.17. The highest BCUT2D eigenvalue weighted by atomic mass is 35.5. The van der Waals surface area contributed by atoms with E-state index in [1.54, 1.807) is 56.5 Å². The number of nitrogens with one attached hydrogen (secondary N) is 2. The van der Waals surface area contributed by atoms with E-state index in [1.807, 2.05) is 0 Å². The summed E-state index contributed by atoms with van der Waals surface area (Å²) in [6, 6.07) is 19.2. The number of methoxy groups -OCH3 is 1. The summed E-state index contributed by atoms with van der Waals surface area (Å²) in [5.74, 6) is 0.987. The molecule has 0 radical (unpaired) electrons. The molecule has 1 atom stereocenters. The average molecular weight is 475 g/mol. The summed E-state index contributed by atoms with van der Waals surface area (Å²) in [4.78, 5) is 12.7. The van der Waals surface area contributed by atoms with Crippen LogP contribution in [0.1, 0.15) is 17.3 Å². The van der Waals surface area contributed by atoms with E-state index in [-0.39, 0.29) is 33.8 Å². The van der Waals surface area contributed by atoms with Crippen LogP contribution < -0.4 is 19.5 Å². The SMILES string of the molecule is COc1ccc(OC[C@H](C)NC(=O)c2ccc(NS(=O)(=O)c3ccccc3)cc2Cl)cc1. The molecular weight excluding hydrogens is 452 g/mol. The number of ether oxygens (including phenoxy) is 2. The van der Waals surface area contributed by atoms with Crippen molar-refractivity contribution >= 4 is 33.2 Å². The molecule has 2 N–H and O–H groups in total. The Bertz CT molecular complexity index is 1170. The van der Waals surface area contributed by atoms with E-state index in [9.17, 15) is 13.2 Å². The van der Waals surface area contributed by atoms with Crippen LogP contribution >= 0.6 is 11.6 Å². The Morgan fingerprint density at radius 3 is 2.28 bits per heavy atom. The minimum absolute atomic E-state index is 0.124. The van der Waals surface area contributed by atoms with Gasteiger partial charge in [-0.3, -0.25) is 9.52 Å². The average Bonchev–Trinajstić information content (AvgIpc) is 2.78. The molecule has 0 aliphatic heterocycles. The number of hydrogen-bond acceptors (Lipinski definition) is 5. The van der Waals surface area contributed by atoms with Gasteiger partial charge >= 0.3 is 0 Å². The highest BCUT2D eigenvalue weighted by Crippen LogP contribution is 2.23. The second kappa shape index (κ2) is 10.4. The van der Waals surface area contributed by atoms with Crippen LogP contribution in [0.3, 0.4) is 0 Å². The van der Waals surface area contributed by atoms with Crippen molar-refractivity contribution in [1.82, 2.24) is 5.32 Å². The fraction of sp³-hybridized carbons (Fsp3) is 0.174. The number of benzene rings is 3. The van der Waals surface area contributed by atoms with E-state index in [0.717, 1.165) is 5.75 Å². The number of hydrogen-bond donors (Lipinski definition) is 2. The van der Waals surface area contributed by atoms with Crippen molar-refractivity contribution in [3.8, 4) is 11.5 Å². The molecule has 0 aromatic heterocycles. The number of carbonyl (C=O) groups excluding carboxylic acids is 1. The van der Waals surface area contributed by atoms with Gasteiger partial charge in [0.15, 0.2) is 0 Å². The van der Waals surface area contributed by atoms with Crippen molar-refractivity contribution in [3.05, 3.63) is 83.4 Å². The summed E-state index contributed by atoms with van der Waals surface area (Å²) >= 11 is 6.25. The monoisotopic (exact) mass is 474 g/mol. The van der Waals surface area contributed by atoms with Crippen LogP contribution in [0.15, 0.2) is 77.7 Å². The van der Waals surface area contributed by atoms with Gasteiger partial charge in [-0.15, -0.1) is 0 Å². The lowest BCUT2D eigenvalue weighted by Crippen LogP contribution is -2.36. The van der Waals surface area contributed by atoms with Gasteiger partial charge < -0.3 is 14.8 Å². The second-order valence-corrected chi connectivity index (χ2v) is 9.06. The van der Waals surface area contributed by atoms with Gasteiger partial charge in [-0.25, -0.2) is 8.42 Å². The molecule has 0 saturated heterocycles. The molecule has 3 aromatic rings. The molecule has 0 spiro atoms. The predicted octanol–water partition coefficient (Wildman–Crippen LogP) is 4.35. The van der Waals surface area contributed by atoms with Crippen LogP contribution in [0.4, 0.5) is 5.69 Å². The first-order valence-corrected chi connectivity index (χ1v) is 11.6. The van der Waals surface area contributed by atoms with Gasteiger partial charge in [-0.1, -0.05) is 29.8 Å². The summed E-state index contributed by atoms with van der Waals surface area (Å²) in [5, 5.41) is 2.94. The third-order valence-corrected chi connectivity index (χ3v) is 6.17. The van der Waals surface area contributed by atoms with E-state index in [2.05, 4.69) is 10.0 Å². The lowest BCUT2D eigenvalue weighted by atomic mass is 10.2. The Hall–Kier alpha value is -3.23. The number of amides is 1. The summed E-state index contributed by atoms with van der Waals surface area (Å²) in [5.41, 5.74) is 0.483. The Labute approximate surface area is 192 Å². The number of sulfonamides is 1. The van der Waals surface area contributed by atoms with Crippen molar-refractivity contribution in [2.24, 2.45) is 0 Å². The maximum absolute atomic E-state index is 12.6. The molecule has 0 unspecified atom stereocenters.